The van der Waals surface area contributed by atoms with Gasteiger partial charge in [-0.3, -0.25) is 9.59 Å². The molecule has 8 heteroatoms. The van der Waals surface area contributed by atoms with E-state index in [9.17, 15) is 9.59 Å². The van der Waals surface area contributed by atoms with Crippen LogP contribution in [0, 0.1) is 13.8 Å². The molecule has 2 aliphatic rings. The molecule has 0 radical (unpaired) electrons. The number of nitrogens with zero attached hydrogens (tertiary/aromatic N) is 5. The van der Waals surface area contributed by atoms with Crippen molar-refractivity contribution in [2.45, 2.75) is 53.6 Å². The summed E-state index contributed by atoms with van der Waals surface area (Å²) in [5.74, 6) is 1.35. The zero-order valence-corrected chi connectivity index (χ0v) is 20.3. The van der Waals surface area contributed by atoms with Crippen LogP contribution in [-0.2, 0) is 17.8 Å². The van der Waals surface area contributed by atoms with Gasteiger partial charge in [0.05, 0.1) is 6.54 Å². The minimum absolute atomic E-state index is 0.0387. The maximum Gasteiger partial charge on any atom is 0.273 e. The van der Waals surface area contributed by atoms with Crippen LogP contribution in [-0.4, -0.2) is 70.3 Å². The molecule has 1 N–H and O–H groups in total. The summed E-state index contributed by atoms with van der Waals surface area (Å²) in [6.07, 6.45) is 0.869. The summed E-state index contributed by atoms with van der Waals surface area (Å²) in [6.45, 7) is 13.7. The lowest BCUT2D eigenvalue weighted by molar-refractivity contribution is -0.129. The standard InChI is InChI=1S/C25H34N6O2/c1-16(2)31-15-21-22(24(31)33)27-25(30-12-10-29(11-13-30)19(5)32)28-23(21)26-9-8-20-7-6-17(3)18(4)14-20/h6-7,14,16H,8-13,15H2,1-5H3,(H,26,27,28). The van der Waals surface area contributed by atoms with E-state index in [-0.39, 0.29) is 17.9 Å². The minimum Gasteiger partial charge on any atom is -0.369 e. The topological polar surface area (TPSA) is 81.7 Å². The molecule has 2 aliphatic heterocycles. The third-order valence-electron chi connectivity index (χ3n) is 6.70. The Kier molecular flexibility index (Phi) is 6.54. The molecule has 3 heterocycles. The van der Waals surface area contributed by atoms with Gasteiger partial charge in [0.1, 0.15) is 11.5 Å². The fourth-order valence-corrected chi connectivity index (χ4v) is 4.39. The number of carbonyl (C=O) groups excluding carboxylic acids is 2. The SMILES string of the molecule is CC(=O)N1CCN(c2nc(NCCc3ccc(C)c(C)c3)c3c(n2)C(=O)N(C(C)C)C3)CC1. The molecule has 33 heavy (non-hydrogen) atoms. The Morgan fingerprint density at radius 1 is 1.09 bits per heavy atom. The third-order valence-corrected chi connectivity index (χ3v) is 6.70. The first-order chi connectivity index (χ1) is 15.7. The zero-order chi connectivity index (χ0) is 23.7. The van der Waals surface area contributed by atoms with Crippen molar-refractivity contribution >= 4 is 23.6 Å². The van der Waals surface area contributed by atoms with Crippen molar-refractivity contribution in [1.29, 1.82) is 0 Å². The second-order valence-corrected chi connectivity index (χ2v) is 9.31. The number of aryl methyl sites for hydroxylation is 2. The van der Waals surface area contributed by atoms with Gasteiger partial charge in [-0.05, 0) is 50.8 Å². The highest BCUT2D eigenvalue weighted by Crippen LogP contribution is 2.30. The van der Waals surface area contributed by atoms with Crippen LogP contribution in [0.3, 0.4) is 0 Å². The number of hydrogen-bond donors (Lipinski definition) is 1. The highest BCUT2D eigenvalue weighted by Gasteiger charge is 2.35. The normalized spacial score (nSPS) is 15.9. The largest absolute Gasteiger partial charge is 0.369 e. The van der Waals surface area contributed by atoms with Gasteiger partial charge in [-0.25, -0.2) is 4.98 Å². The number of aromatic nitrogens is 2. The lowest BCUT2D eigenvalue weighted by atomic mass is 10.0. The average molecular weight is 451 g/mol. The predicted octanol–water partition coefficient (Wildman–Crippen LogP) is 2.78. The molecular formula is C25H34N6O2. The Morgan fingerprint density at radius 3 is 2.45 bits per heavy atom. The molecule has 1 aromatic heterocycles. The molecule has 1 fully saturated rings. The second kappa shape index (κ2) is 9.37. The van der Waals surface area contributed by atoms with E-state index >= 15 is 0 Å². The van der Waals surface area contributed by atoms with E-state index in [0.29, 0.717) is 44.4 Å². The van der Waals surface area contributed by atoms with Gasteiger partial charge in [0.15, 0.2) is 0 Å². The van der Waals surface area contributed by atoms with E-state index in [2.05, 4.69) is 47.2 Å². The van der Waals surface area contributed by atoms with E-state index in [1.807, 2.05) is 23.6 Å². The Bertz CT molecular complexity index is 1060. The molecule has 0 bridgehead atoms. The van der Waals surface area contributed by atoms with Crippen LogP contribution in [0.25, 0.3) is 0 Å². The first-order valence-electron chi connectivity index (χ1n) is 11.8. The molecule has 0 saturated carbocycles. The number of rotatable bonds is 6. The van der Waals surface area contributed by atoms with E-state index < -0.39 is 0 Å². The van der Waals surface area contributed by atoms with E-state index in [0.717, 1.165) is 24.3 Å². The first-order valence-corrected chi connectivity index (χ1v) is 11.8. The number of anilines is 2. The molecule has 0 unspecified atom stereocenters. The van der Waals surface area contributed by atoms with Gasteiger partial charge in [0.2, 0.25) is 11.9 Å². The number of fused-ring (bicyclic) bond motifs is 1. The van der Waals surface area contributed by atoms with Crippen LogP contribution >= 0.6 is 0 Å². The first kappa shape index (κ1) is 23.0. The molecule has 0 spiro atoms. The molecule has 0 atom stereocenters. The average Bonchev–Trinajstić information content (AvgIpc) is 3.13. The second-order valence-electron chi connectivity index (χ2n) is 9.31. The van der Waals surface area contributed by atoms with Crippen molar-refractivity contribution in [2.24, 2.45) is 0 Å². The highest BCUT2D eigenvalue weighted by atomic mass is 16.2. The van der Waals surface area contributed by atoms with Crippen molar-refractivity contribution in [3.8, 4) is 0 Å². The molecule has 8 nitrogen and oxygen atoms in total. The van der Waals surface area contributed by atoms with Gasteiger partial charge < -0.3 is 20.0 Å². The molecule has 4 rings (SSSR count). The minimum atomic E-state index is -0.0387. The fraction of sp³-hybridized carbons (Fsp3) is 0.520. The van der Waals surface area contributed by atoms with Crippen molar-refractivity contribution in [3.63, 3.8) is 0 Å². The van der Waals surface area contributed by atoms with E-state index in [1.54, 1.807) is 6.92 Å². The monoisotopic (exact) mass is 450 g/mol. The maximum absolute atomic E-state index is 13.1. The Labute approximate surface area is 196 Å². The molecular weight excluding hydrogens is 416 g/mol. The van der Waals surface area contributed by atoms with Gasteiger partial charge >= 0.3 is 0 Å². The van der Waals surface area contributed by atoms with Gasteiger partial charge in [-0.15, -0.1) is 0 Å². The van der Waals surface area contributed by atoms with Crippen LogP contribution in [0.5, 0.6) is 0 Å². The summed E-state index contributed by atoms with van der Waals surface area (Å²) < 4.78 is 0. The van der Waals surface area contributed by atoms with Crippen molar-refractivity contribution in [3.05, 3.63) is 46.1 Å². The Hall–Kier alpha value is -3.16. The number of hydrogen-bond acceptors (Lipinski definition) is 6. The number of benzene rings is 1. The summed E-state index contributed by atoms with van der Waals surface area (Å²) in [7, 11) is 0. The van der Waals surface area contributed by atoms with E-state index in [4.69, 9.17) is 4.98 Å². The lowest BCUT2D eigenvalue weighted by Gasteiger charge is -2.34. The summed E-state index contributed by atoms with van der Waals surface area (Å²) in [5, 5.41) is 3.49. The summed E-state index contributed by atoms with van der Waals surface area (Å²) in [5.41, 5.74) is 5.23. The Balaban J connectivity index is 1.56. The van der Waals surface area contributed by atoms with Crippen molar-refractivity contribution < 1.29 is 9.59 Å². The van der Waals surface area contributed by atoms with Crippen LogP contribution in [0.15, 0.2) is 18.2 Å². The smallest absolute Gasteiger partial charge is 0.273 e. The molecule has 2 aromatic rings. The lowest BCUT2D eigenvalue weighted by Crippen LogP contribution is -2.48. The Morgan fingerprint density at radius 2 is 1.82 bits per heavy atom. The maximum atomic E-state index is 13.1. The van der Waals surface area contributed by atoms with Gasteiger partial charge in [0.25, 0.3) is 5.91 Å². The molecule has 0 aliphatic carbocycles. The van der Waals surface area contributed by atoms with Crippen LogP contribution < -0.4 is 10.2 Å². The highest BCUT2D eigenvalue weighted by molar-refractivity contribution is 5.98. The molecule has 176 valence electrons. The summed E-state index contributed by atoms with van der Waals surface area (Å²) in [4.78, 5) is 40.0. The van der Waals surface area contributed by atoms with Crippen molar-refractivity contribution in [2.75, 3.05) is 42.9 Å². The van der Waals surface area contributed by atoms with Gasteiger partial charge in [0, 0.05) is 51.3 Å². The fourth-order valence-electron chi connectivity index (χ4n) is 4.39. The number of carbonyl (C=O) groups is 2. The zero-order valence-electron chi connectivity index (χ0n) is 20.3. The van der Waals surface area contributed by atoms with Crippen LogP contribution in [0.1, 0.15) is 53.5 Å². The van der Waals surface area contributed by atoms with E-state index in [1.165, 1.54) is 16.7 Å². The molecule has 2 amide bonds. The predicted molar refractivity (Wildman–Crippen MR) is 130 cm³/mol. The molecule has 1 aromatic carbocycles. The molecule has 1 saturated heterocycles. The van der Waals surface area contributed by atoms with Crippen molar-refractivity contribution in [1.82, 2.24) is 19.8 Å². The quantitative estimate of drug-likeness (QED) is 0.729. The van der Waals surface area contributed by atoms with Crippen LogP contribution in [0.2, 0.25) is 0 Å². The summed E-state index contributed by atoms with van der Waals surface area (Å²) >= 11 is 0. The number of piperazine rings is 1. The number of amides is 2. The van der Waals surface area contributed by atoms with Gasteiger partial charge in [-0.2, -0.15) is 4.98 Å². The summed E-state index contributed by atoms with van der Waals surface area (Å²) in [6, 6.07) is 6.65. The number of nitrogens with one attached hydrogen (secondary N) is 1. The van der Waals surface area contributed by atoms with Gasteiger partial charge in [-0.1, -0.05) is 18.2 Å². The van der Waals surface area contributed by atoms with Crippen LogP contribution in [0.4, 0.5) is 11.8 Å². The third kappa shape index (κ3) is 4.79.